The Kier molecular flexibility index (Phi) is 3.86. The number of fused-ring (bicyclic) bond motifs is 1. The molecule has 5 heteroatoms. The van der Waals surface area contributed by atoms with Gasteiger partial charge in [-0.15, -0.1) is 0 Å². The van der Waals surface area contributed by atoms with Crippen LogP contribution in [0.3, 0.4) is 0 Å². The number of nitrogens with one attached hydrogen (secondary N) is 2. The summed E-state index contributed by atoms with van der Waals surface area (Å²) in [6.07, 6.45) is 1.91. The molecule has 1 atom stereocenters. The van der Waals surface area contributed by atoms with E-state index in [1.165, 1.54) is 4.88 Å². The molecule has 3 aromatic rings. The molecular weight excluding hydrogens is 280 g/mol. The van der Waals surface area contributed by atoms with Crippen LogP contribution in [0.1, 0.15) is 17.8 Å². The molecule has 0 aliphatic rings. The molecule has 0 saturated heterocycles. The number of pyridine rings is 1. The lowest BCUT2D eigenvalue weighted by Crippen LogP contribution is -2.11. The van der Waals surface area contributed by atoms with Crippen LogP contribution in [-0.4, -0.2) is 24.1 Å². The number of hydrogen-bond donors (Lipinski definition) is 2. The molecule has 21 heavy (non-hydrogen) atoms. The summed E-state index contributed by atoms with van der Waals surface area (Å²) in [7, 11) is 3.86. The van der Waals surface area contributed by atoms with Crippen molar-refractivity contribution in [3.63, 3.8) is 0 Å². The second kappa shape index (κ2) is 5.79. The monoisotopic (exact) mass is 298 g/mol. The Morgan fingerprint density at radius 1 is 1.19 bits per heavy atom. The maximum absolute atomic E-state index is 4.70. The van der Waals surface area contributed by atoms with E-state index in [2.05, 4.69) is 34.7 Å². The van der Waals surface area contributed by atoms with Crippen LogP contribution in [0.4, 0.5) is 5.13 Å². The highest BCUT2D eigenvalue weighted by atomic mass is 32.1. The maximum atomic E-state index is 4.70. The Balaban J connectivity index is 2.14. The van der Waals surface area contributed by atoms with Crippen molar-refractivity contribution < 1.29 is 0 Å². The van der Waals surface area contributed by atoms with Crippen LogP contribution in [-0.2, 0) is 0 Å². The fourth-order valence-corrected chi connectivity index (χ4v) is 3.27. The van der Waals surface area contributed by atoms with E-state index in [1.807, 2.05) is 38.5 Å². The minimum atomic E-state index is 0.256. The zero-order chi connectivity index (χ0) is 14.8. The highest BCUT2D eigenvalue weighted by Crippen LogP contribution is 2.35. The zero-order valence-electron chi connectivity index (χ0n) is 12.3. The minimum Gasteiger partial charge on any atom is -0.365 e. The van der Waals surface area contributed by atoms with E-state index >= 15 is 0 Å². The average molecular weight is 298 g/mol. The van der Waals surface area contributed by atoms with E-state index in [1.54, 1.807) is 11.3 Å². The molecule has 3 rings (SSSR count). The van der Waals surface area contributed by atoms with Gasteiger partial charge in [0.2, 0.25) is 0 Å². The lowest BCUT2D eigenvalue weighted by Gasteiger charge is -2.10. The second-order valence-electron chi connectivity index (χ2n) is 4.91. The number of aromatic nitrogens is 2. The average Bonchev–Trinajstić information content (AvgIpc) is 2.98. The van der Waals surface area contributed by atoms with Crippen molar-refractivity contribution in [1.82, 2.24) is 15.3 Å². The number of nitrogens with zero attached hydrogens (tertiary/aromatic N) is 2. The minimum absolute atomic E-state index is 0.256. The summed E-state index contributed by atoms with van der Waals surface area (Å²) in [4.78, 5) is 10.5. The highest BCUT2D eigenvalue weighted by molar-refractivity contribution is 7.16. The van der Waals surface area contributed by atoms with Gasteiger partial charge in [0.05, 0.1) is 16.1 Å². The number of para-hydroxylation sites is 1. The van der Waals surface area contributed by atoms with Crippen molar-refractivity contribution in [3.05, 3.63) is 41.4 Å². The smallest absolute Gasteiger partial charge is 0.183 e. The number of benzene rings is 1. The van der Waals surface area contributed by atoms with Crippen LogP contribution in [0, 0.1) is 0 Å². The first-order chi connectivity index (χ1) is 10.2. The molecule has 4 nitrogen and oxygen atoms in total. The third-order valence-electron chi connectivity index (χ3n) is 3.56. The number of hydrogen-bond acceptors (Lipinski definition) is 5. The molecular formula is C16H18N4S. The Morgan fingerprint density at radius 2 is 2.00 bits per heavy atom. The topological polar surface area (TPSA) is 49.8 Å². The molecule has 0 radical (unpaired) electrons. The van der Waals surface area contributed by atoms with Crippen molar-refractivity contribution in [2.75, 3.05) is 19.4 Å². The lowest BCUT2D eigenvalue weighted by molar-refractivity contribution is 0.664. The highest BCUT2D eigenvalue weighted by Gasteiger charge is 2.17. The first kappa shape index (κ1) is 14.0. The van der Waals surface area contributed by atoms with Crippen LogP contribution in [0.2, 0.25) is 0 Å². The normalized spacial score (nSPS) is 12.5. The van der Waals surface area contributed by atoms with Crippen LogP contribution < -0.4 is 10.6 Å². The Bertz CT molecular complexity index is 766. The van der Waals surface area contributed by atoms with E-state index in [0.29, 0.717) is 0 Å². The summed E-state index contributed by atoms with van der Waals surface area (Å²) >= 11 is 1.68. The standard InChI is InChI=1S/C16H18N4S/c1-10(17-2)15-14(20-16(18-3)21-15)12-8-11-6-4-5-7-13(11)19-9-12/h4-10,17H,1-3H3,(H,18,20). The van der Waals surface area contributed by atoms with Crippen LogP contribution in [0.15, 0.2) is 36.5 Å². The summed E-state index contributed by atoms with van der Waals surface area (Å²) in [6, 6.07) is 10.6. The predicted molar refractivity (Wildman–Crippen MR) is 89.9 cm³/mol. The number of thiazole rings is 1. The van der Waals surface area contributed by atoms with Crippen LogP contribution >= 0.6 is 11.3 Å². The van der Waals surface area contributed by atoms with Gasteiger partial charge in [0.15, 0.2) is 5.13 Å². The Labute approximate surface area is 128 Å². The van der Waals surface area contributed by atoms with Gasteiger partial charge in [0.1, 0.15) is 0 Å². The second-order valence-corrected chi connectivity index (χ2v) is 5.94. The summed E-state index contributed by atoms with van der Waals surface area (Å²) in [5.74, 6) is 0. The number of anilines is 1. The van der Waals surface area contributed by atoms with E-state index in [0.717, 1.165) is 27.3 Å². The van der Waals surface area contributed by atoms with E-state index < -0.39 is 0 Å². The maximum Gasteiger partial charge on any atom is 0.183 e. The van der Waals surface area contributed by atoms with E-state index in [4.69, 9.17) is 4.98 Å². The van der Waals surface area contributed by atoms with Crippen molar-refractivity contribution >= 4 is 27.4 Å². The molecule has 2 aromatic heterocycles. The lowest BCUT2D eigenvalue weighted by atomic mass is 10.1. The largest absolute Gasteiger partial charge is 0.365 e. The Hall–Kier alpha value is -1.98. The van der Waals surface area contributed by atoms with Gasteiger partial charge in [0, 0.05) is 30.2 Å². The molecule has 0 aliphatic carbocycles. The molecule has 0 saturated carbocycles. The zero-order valence-corrected chi connectivity index (χ0v) is 13.2. The summed E-state index contributed by atoms with van der Waals surface area (Å²) in [5, 5.41) is 8.48. The van der Waals surface area contributed by atoms with Crippen LogP contribution in [0.5, 0.6) is 0 Å². The first-order valence-corrected chi connectivity index (χ1v) is 7.75. The third-order valence-corrected chi connectivity index (χ3v) is 4.81. The molecule has 0 spiro atoms. The van der Waals surface area contributed by atoms with E-state index in [-0.39, 0.29) is 6.04 Å². The quantitative estimate of drug-likeness (QED) is 0.771. The molecule has 0 aliphatic heterocycles. The Morgan fingerprint density at radius 3 is 2.76 bits per heavy atom. The molecule has 0 bridgehead atoms. The van der Waals surface area contributed by atoms with Gasteiger partial charge in [-0.3, -0.25) is 4.98 Å². The van der Waals surface area contributed by atoms with Crippen molar-refractivity contribution in [3.8, 4) is 11.3 Å². The first-order valence-electron chi connectivity index (χ1n) is 6.94. The molecule has 1 aromatic carbocycles. The van der Waals surface area contributed by atoms with Gasteiger partial charge < -0.3 is 10.6 Å². The molecule has 2 heterocycles. The third kappa shape index (κ3) is 2.62. The summed E-state index contributed by atoms with van der Waals surface area (Å²) < 4.78 is 0. The fraction of sp³-hybridized carbons (Fsp3) is 0.250. The summed E-state index contributed by atoms with van der Waals surface area (Å²) in [6.45, 7) is 2.14. The van der Waals surface area contributed by atoms with Crippen molar-refractivity contribution in [2.45, 2.75) is 13.0 Å². The predicted octanol–water partition coefficient (Wildman–Crippen LogP) is 3.68. The van der Waals surface area contributed by atoms with Crippen molar-refractivity contribution in [2.24, 2.45) is 0 Å². The molecule has 108 valence electrons. The molecule has 2 N–H and O–H groups in total. The van der Waals surface area contributed by atoms with Gasteiger partial charge in [0.25, 0.3) is 0 Å². The van der Waals surface area contributed by atoms with Gasteiger partial charge in [-0.2, -0.15) is 0 Å². The molecule has 0 fully saturated rings. The molecule has 0 amide bonds. The van der Waals surface area contributed by atoms with Crippen molar-refractivity contribution in [1.29, 1.82) is 0 Å². The van der Waals surface area contributed by atoms with Gasteiger partial charge in [-0.1, -0.05) is 29.5 Å². The SMILES string of the molecule is CNc1nc(-c2cnc3ccccc3c2)c(C(C)NC)s1. The molecule has 1 unspecified atom stereocenters. The van der Waals surface area contributed by atoms with Crippen LogP contribution in [0.25, 0.3) is 22.2 Å². The van der Waals surface area contributed by atoms with E-state index in [9.17, 15) is 0 Å². The van der Waals surface area contributed by atoms with Gasteiger partial charge >= 0.3 is 0 Å². The number of rotatable bonds is 4. The summed E-state index contributed by atoms with van der Waals surface area (Å²) in [5.41, 5.74) is 3.07. The van der Waals surface area contributed by atoms with Gasteiger partial charge in [-0.05, 0) is 26.1 Å². The van der Waals surface area contributed by atoms with Gasteiger partial charge in [-0.25, -0.2) is 4.98 Å². The fourth-order valence-electron chi connectivity index (χ4n) is 2.27.